The Morgan fingerprint density at radius 3 is 2.28 bits per heavy atom. The third-order valence-electron chi connectivity index (χ3n) is 5.62. The molecule has 2 heterocycles. The molecule has 1 aliphatic rings. The topological polar surface area (TPSA) is 162 Å². The van der Waals surface area contributed by atoms with E-state index in [4.69, 9.17) is 25.2 Å². The minimum atomic E-state index is -2.74. The summed E-state index contributed by atoms with van der Waals surface area (Å²) in [5.41, 5.74) is 0.908. The van der Waals surface area contributed by atoms with Crippen LogP contribution >= 0.6 is 0 Å². The first-order valence-corrected chi connectivity index (χ1v) is 11.5. The van der Waals surface area contributed by atoms with Gasteiger partial charge in [0.25, 0.3) is 0 Å². The number of carboxylic acids is 3. The van der Waals surface area contributed by atoms with Crippen molar-refractivity contribution in [1.29, 1.82) is 0 Å². The summed E-state index contributed by atoms with van der Waals surface area (Å²) in [6, 6.07) is 10.6. The van der Waals surface area contributed by atoms with Crippen LogP contribution in [0.5, 0.6) is 0 Å². The summed E-state index contributed by atoms with van der Waals surface area (Å²) in [7, 11) is 0. The van der Waals surface area contributed by atoms with Crippen LogP contribution in [0.15, 0.2) is 43.1 Å². The second-order valence-corrected chi connectivity index (χ2v) is 8.67. The van der Waals surface area contributed by atoms with Gasteiger partial charge >= 0.3 is 17.9 Å². The van der Waals surface area contributed by atoms with Gasteiger partial charge in [-0.3, -0.25) is 14.5 Å². The number of hydrogen-bond donors (Lipinski definition) is 4. The van der Waals surface area contributed by atoms with E-state index < -0.39 is 36.4 Å². The van der Waals surface area contributed by atoms with Crippen molar-refractivity contribution in [3.63, 3.8) is 0 Å². The number of rotatable bonds is 12. The number of aliphatic hydroxyl groups is 1. The first kappa shape index (κ1) is 28.7. The van der Waals surface area contributed by atoms with Gasteiger partial charge in [-0.15, -0.1) is 0 Å². The lowest BCUT2D eigenvalue weighted by Crippen LogP contribution is -2.42. The van der Waals surface area contributed by atoms with E-state index in [1.807, 2.05) is 0 Å². The summed E-state index contributed by atoms with van der Waals surface area (Å²) in [6.07, 6.45) is 4.21. The van der Waals surface area contributed by atoms with Crippen molar-refractivity contribution in [2.45, 2.75) is 57.4 Å². The number of aromatic nitrogens is 2. The van der Waals surface area contributed by atoms with Crippen LogP contribution in [-0.4, -0.2) is 77.9 Å². The van der Waals surface area contributed by atoms with Crippen LogP contribution in [0.1, 0.15) is 42.5 Å². The fourth-order valence-electron chi connectivity index (χ4n) is 3.83. The fraction of sp³-hybridized carbons (Fsp3) is 0.440. The third kappa shape index (κ3) is 9.25. The predicted octanol–water partition coefficient (Wildman–Crippen LogP) is 2.22. The normalized spacial score (nSPS) is 15.2. The number of benzene rings is 1. The molecule has 0 bridgehead atoms. The zero-order valence-corrected chi connectivity index (χ0v) is 20.2. The molecule has 0 radical (unpaired) electrons. The summed E-state index contributed by atoms with van der Waals surface area (Å²) in [5.74, 6) is -5.02. The third-order valence-corrected chi connectivity index (χ3v) is 5.62. The number of aryl methyl sites for hydroxylation is 1. The Kier molecular flexibility index (Phi) is 10.8. The highest BCUT2D eigenvalue weighted by Gasteiger charge is 2.40. The van der Waals surface area contributed by atoms with Gasteiger partial charge in [0.15, 0.2) is 5.60 Å². The maximum atomic E-state index is 10.3. The SMILES string of the molecule is C=Cn1cc(CN(Cc2ccccc2)CC2CCCO2)c(C)n1.O=C(O)CC(O)(CC(=O)O)C(=O)O. The summed E-state index contributed by atoms with van der Waals surface area (Å²) in [5, 5.41) is 38.3. The van der Waals surface area contributed by atoms with Crippen molar-refractivity contribution in [3.8, 4) is 0 Å². The van der Waals surface area contributed by atoms with Gasteiger partial charge in [0.05, 0.1) is 24.6 Å². The molecular weight excluding hydrogens is 470 g/mol. The zero-order chi connectivity index (χ0) is 26.7. The summed E-state index contributed by atoms with van der Waals surface area (Å²) in [6.45, 7) is 9.52. The second-order valence-electron chi connectivity index (χ2n) is 8.67. The summed E-state index contributed by atoms with van der Waals surface area (Å²) >= 11 is 0. The van der Waals surface area contributed by atoms with Gasteiger partial charge in [0.1, 0.15) is 0 Å². The van der Waals surface area contributed by atoms with Crippen molar-refractivity contribution in [1.82, 2.24) is 14.7 Å². The van der Waals surface area contributed by atoms with Gasteiger partial charge in [0, 0.05) is 44.2 Å². The Morgan fingerprint density at radius 1 is 1.17 bits per heavy atom. The number of aliphatic carboxylic acids is 3. The van der Waals surface area contributed by atoms with Crippen LogP contribution in [0.2, 0.25) is 0 Å². The second kappa shape index (κ2) is 13.5. The van der Waals surface area contributed by atoms with Crippen molar-refractivity contribution in [2.75, 3.05) is 13.2 Å². The summed E-state index contributed by atoms with van der Waals surface area (Å²) in [4.78, 5) is 32.9. The molecule has 4 N–H and O–H groups in total. The van der Waals surface area contributed by atoms with Crippen LogP contribution in [0.4, 0.5) is 0 Å². The Morgan fingerprint density at radius 2 is 1.81 bits per heavy atom. The van der Waals surface area contributed by atoms with Crippen LogP contribution in [0.3, 0.4) is 0 Å². The van der Waals surface area contributed by atoms with Crippen LogP contribution in [0.25, 0.3) is 6.20 Å². The average molecular weight is 504 g/mol. The molecule has 1 fully saturated rings. The van der Waals surface area contributed by atoms with E-state index in [9.17, 15) is 14.4 Å². The minimum absolute atomic E-state index is 0.355. The highest BCUT2D eigenvalue weighted by molar-refractivity contribution is 5.88. The van der Waals surface area contributed by atoms with Gasteiger partial charge < -0.3 is 25.2 Å². The predicted molar refractivity (Wildman–Crippen MR) is 130 cm³/mol. The molecule has 0 amide bonds. The van der Waals surface area contributed by atoms with Crippen molar-refractivity contribution >= 4 is 24.1 Å². The Balaban J connectivity index is 0.000000302. The maximum absolute atomic E-state index is 10.3. The molecule has 36 heavy (non-hydrogen) atoms. The molecule has 0 saturated carbocycles. The lowest BCUT2D eigenvalue weighted by molar-refractivity contribution is -0.170. The molecule has 1 saturated heterocycles. The molecule has 1 aromatic carbocycles. The van der Waals surface area contributed by atoms with E-state index in [0.717, 1.165) is 38.4 Å². The quantitative estimate of drug-likeness (QED) is 0.338. The molecule has 1 aliphatic heterocycles. The monoisotopic (exact) mass is 503 g/mol. The number of ether oxygens (including phenoxy) is 1. The van der Waals surface area contributed by atoms with Gasteiger partial charge in [-0.2, -0.15) is 5.10 Å². The average Bonchev–Trinajstić information content (AvgIpc) is 3.43. The molecule has 2 aromatic rings. The lowest BCUT2D eigenvalue weighted by atomic mass is 9.96. The van der Waals surface area contributed by atoms with Gasteiger partial charge in [-0.25, -0.2) is 9.48 Å². The van der Waals surface area contributed by atoms with E-state index >= 15 is 0 Å². The molecule has 11 nitrogen and oxygen atoms in total. The Bertz CT molecular complexity index is 1020. The van der Waals surface area contributed by atoms with Crippen molar-refractivity contribution in [3.05, 3.63) is 59.9 Å². The highest BCUT2D eigenvalue weighted by atomic mass is 16.5. The summed E-state index contributed by atoms with van der Waals surface area (Å²) < 4.78 is 7.63. The number of hydrogen-bond acceptors (Lipinski definition) is 7. The molecule has 11 heteroatoms. The minimum Gasteiger partial charge on any atom is -0.481 e. The smallest absolute Gasteiger partial charge is 0.336 e. The molecule has 3 rings (SSSR count). The van der Waals surface area contributed by atoms with E-state index in [1.165, 1.54) is 17.5 Å². The maximum Gasteiger partial charge on any atom is 0.336 e. The lowest BCUT2D eigenvalue weighted by Gasteiger charge is -2.25. The molecule has 1 atom stereocenters. The van der Waals surface area contributed by atoms with Gasteiger partial charge in [0.2, 0.25) is 0 Å². The molecule has 1 unspecified atom stereocenters. The van der Waals surface area contributed by atoms with Gasteiger partial charge in [-0.1, -0.05) is 36.9 Å². The standard InChI is InChI=1S/C19H25N3O.C6H8O7/c1-3-22-14-18(16(2)20-22)13-21(15-19-10-7-11-23-19)12-17-8-5-4-6-9-17;7-3(8)1-6(13,5(11)12)2-4(9)10/h3-6,8-9,14,19H,1,7,10-13,15H2,2H3;13H,1-2H2,(H,7,8)(H,9,10)(H,11,12). The molecule has 196 valence electrons. The van der Waals surface area contributed by atoms with Crippen LogP contribution in [-0.2, 0) is 32.2 Å². The van der Waals surface area contributed by atoms with Crippen LogP contribution < -0.4 is 0 Å². The largest absolute Gasteiger partial charge is 0.481 e. The first-order chi connectivity index (χ1) is 17.0. The number of carboxylic acid groups (broad SMARTS) is 3. The van der Waals surface area contributed by atoms with Crippen molar-refractivity contribution < 1.29 is 39.5 Å². The molecular formula is C25H33N3O8. The molecule has 1 aromatic heterocycles. The Labute approximate surface area is 209 Å². The van der Waals surface area contributed by atoms with E-state index in [1.54, 1.807) is 10.9 Å². The number of nitrogens with zero attached hydrogens (tertiary/aromatic N) is 3. The first-order valence-electron chi connectivity index (χ1n) is 11.5. The highest BCUT2D eigenvalue weighted by Crippen LogP contribution is 2.19. The zero-order valence-electron chi connectivity index (χ0n) is 20.2. The Hall–Kier alpha value is -3.54. The van der Waals surface area contributed by atoms with Gasteiger partial charge in [-0.05, 0) is 25.3 Å². The van der Waals surface area contributed by atoms with Crippen molar-refractivity contribution in [2.24, 2.45) is 0 Å². The van der Waals surface area contributed by atoms with E-state index in [0.29, 0.717) is 6.10 Å². The molecule has 0 spiro atoms. The fourth-order valence-corrected chi connectivity index (χ4v) is 3.83. The number of carbonyl (C=O) groups is 3. The molecule has 0 aliphatic carbocycles. The van der Waals surface area contributed by atoms with E-state index in [-0.39, 0.29) is 0 Å². The van der Waals surface area contributed by atoms with E-state index in [2.05, 4.69) is 60.0 Å². The van der Waals surface area contributed by atoms with Crippen LogP contribution in [0, 0.1) is 6.92 Å².